The number of nitrogens with zero attached hydrogens (tertiary/aromatic N) is 1. The van der Waals surface area contributed by atoms with Crippen LogP contribution in [-0.4, -0.2) is 19.9 Å². The van der Waals surface area contributed by atoms with E-state index in [-0.39, 0.29) is 12.0 Å². The quantitative estimate of drug-likeness (QED) is 0.373. The highest BCUT2D eigenvalue weighted by Gasteiger charge is 2.34. The number of hydrogen-bond donors (Lipinski definition) is 0. The van der Waals surface area contributed by atoms with Gasteiger partial charge in [-0.1, -0.05) is 60.7 Å². The molecule has 2 atom stereocenters. The van der Waals surface area contributed by atoms with E-state index in [1.807, 2.05) is 18.2 Å². The summed E-state index contributed by atoms with van der Waals surface area (Å²) in [5.41, 5.74) is 6.87. The van der Waals surface area contributed by atoms with Crippen LogP contribution in [0.25, 0.3) is 0 Å². The molecule has 0 amide bonds. The molecule has 1 heterocycles. The average Bonchev–Trinajstić information content (AvgIpc) is 2.88. The maximum atomic E-state index is 5.62. The Balaban J connectivity index is 1.75. The Morgan fingerprint density at radius 3 is 1.84 bits per heavy atom. The van der Waals surface area contributed by atoms with Gasteiger partial charge in [-0.05, 0) is 59.2 Å². The summed E-state index contributed by atoms with van der Waals surface area (Å²) in [5, 5.41) is 0. The molecular weight excluding hydrogens is 394 g/mol. The Labute approximate surface area is 189 Å². The largest absolute Gasteiger partial charge is 0.497 e. The van der Waals surface area contributed by atoms with Gasteiger partial charge in [0.15, 0.2) is 0 Å². The third kappa shape index (κ3) is 3.67. The zero-order valence-corrected chi connectivity index (χ0v) is 18.2. The number of fused-ring (bicyclic) bond motifs is 1. The second-order valence-corrected chi connectivity index (χ2v) is 7.90. The van der Waals surface area contributed by atoms with Crippen LogP contribution in [0.15, 0.2) is 108 Å². The van der Waals surface area contributed by atoms with Crippen molar-refractivity contribution in [1.29, 1.82) is 0 Å². The highest BCUT2D eigenvalue weighted by molar-refractivity contribution is 6.14. The van der Waals surface area contributed by atoms with Crippen LogP contribution in [0.2, 0.25) is 0 Å². The van der Waals surface area contributed by atoms with Gasteiger partial charge in [0.25, 0.3) is 0 Å². The predicted octanol–water partition coefficient (Wildman–Crippen LogP) is 6.43. The van der Waals surface area contributed by atoms with Crippen LogP contribution in [0.5, 0.6) is 11.5 Å². The van der Waals surface area contributed by atoms with Crippen LogP contribution in [0.4, 0.5) is 0 Å². The molecule has 0 radical (unpaired) electrons. The first-order valence-corrected chi connectivity index (χ1v) is 10.8. The summed E-state index contributed by atoms with van der Waals surface area (Å²) in [6.45, 7) is 0. The number of hydrogen-bond acceptors (Lipinski definition) is 3. The summed E-state index contributed by atoms with van der Waals surface area (Å²) in [7, 11) is 3.40. The Morgan fingerprint density at radius 2 is 1.22 bits per heavy atom. The van der Waals surface area contributed by atoms with Crippen molar-refractivity contribution in [1.82, 2.24) is 0 Å². The third-order valence-electron chi connectivity index (χ3n) is 6.10. The second kappa shape index (κ2) is 8.72. The molecule has 0 fully saturated rings. The summed E-state index contributed by atoms with van der Waals surface area (Å²) in [5.74, 6) is 1.78. The van der Waals surface area contributed by atoms with Crippen molar-refractivity contribution in [2.24, 2.45) is 4.99 Å². The first-order valence-electron chi connectivity index (χ1n) is 10.8. The lowest BCUT2D eigenvalue weighted by atomic mass is 9.76. The van der Waals surface area contributed by atoms with Crippen LogP contribution in [-0.2, 0) is 0 Å². The minimum absolute atomic E-state index is 0.0460. The summed E-state index contributed by atoms with van der Waals surface area (Å²) >= 11 is 0. The molecule has 158 valence electrons. The molecule has 4 aromatic carbocycles. The molecule has 0 saturated carbocycles. The summed E-state index contributed by atoms with van der Waals surface area (Å²) in [6.07, 6.45) is 0. The number of aliphatic imine (C=N–C) groups is 1. The van der Waals surface area contributed by atoms with Crippen molar-refractivity contribution in [3.05, 3.63) is 131 Å². The Kier molecular flexibility index (Phi) is 5.47. The normalized spacial score (nSPS) is 17.2. The number of rotatable bonds is 5. The van der Waals surface area contributed by atoms with E-state index in [0.29, 0.717) is 0 Å². The van der Waals surface area contributed by atoms with Crippen molar-refractivity contribution >= 4 is 5.71 Å². The molecule has 32 heavy (non-hydrogen) atoms. The second-order valence-electron chi connectivity index (χ2n) is 7.90. The van der Waals surface area contributed by atoms with Gasteiger partial charge in [0, 0.05) is 17.0 Å². The van der Waals surface area contributed by atoms with Crippen molar-refractivity contribution < 1.29 is 9.47 Å². The third-order valence-corrected chi connectivity index (χ3v) is 6.10. The fraction of sp³-hybridized carbons (Fsp3) is 0.138. The molecule has 4 aromatic rings. The number of ether oxygens (including phenoxy) is 2. The topological polar surface area (TPSA) is 30.8 Å². The van der Waals surface area contributed by atoms with Crippen molar-refractivity contribution in [3.8, 4) is 11.5 Å². The van der Waals surface area contributed by atoms with Gasteiger partial charge < -0.3 is 9.47 Å². The van der Waals surface area contributed by atoms with Crippen molar-refractivity contribution in [2.75, 3.05) is 14.2 Å². The zero-order chi connectivity index (χ0) is 21.9. The maximum absolute atomic E-state index is 5.62. The van der Waals surface area contributed by atoms with Gasteiger partial charge in [-0.3, -0.25) is 4.99 Å². The summed E-state index contributed by atoms with van der Waals surface area (Å²) in [6, 6.07) is 35.6. The van der Waals surface area contributed by atoms with Gasteiger partial charge in [0.1, 0.15) is 11.5 Å². The van der Waals surface area contributed by atoms with Crippen LogP contribution in [0, 0.1) is 0 Å². The summed E-state index contributed by atoms with van der Waals surface area (Å²) in [4.78, 5) is 5.37. The monoisotopic (exact) mass is 419 g/mol. The molecule has 1 aliphatic rings. The van der Waals surface area contributed by atoms with Gasteiger partial charge in [-0.2, -0.15) is 0 Å². The smallest absolute Gasteiger partial charge is 0.119 e. The minimum atomic E-state index is -0.0460. The standard InChI is InChI=1S/C29H25NO2/c1-31-23-15-13-22(14-16-23)28-25-18-17-24(32-2)19-26(25)27(20-9-5-3-6-10-20)29(30-28)21-11-7-4-8-12-21/h3-19,27,29H,1-2H3. The lowest BCUT2D eigenvalue weighted by Gasteiger charge is -2.33. The average molecular weight is 420 g/mol. The number of benzene rings is 4. The van der Waals surface area contributed by atoms with Crippen molar-refractivity contribution in [2.45, 2.75) is 12.0 Å². The van der Waals surface area contributed by atoms with Crippen molar-refractivity contribution in [3.63, 3.8) is 0 Å². The Bertz CT molecular complexity index is 1230. The van der Waals surface area contributed by atoms with E-state index < -0.39 is 0 Å². The van der Waals surface area contributed by atoms with Gasteiger partial charge in [-0.25, -0.2) is 0 Å². The highest BCUT2D eigenvalue weighted by atomic mass is 16.5. The molecule has 0 aliphatic carbocycles. The van der Waals surface area contributed by atoms with Gasteiger partial charge >= 0.3 is 0 Å². The molecule has 5 rings (SSSR count). The van der Waals surface area contributed by atoms with E-state index in [1.54, 1.807) is 14.2 Å². The number of methoxy groups -OCH3 is 2. The zero-order valence-electron chi connectivity index (χ0n) is 18.2. The predicted molar refractivity (Wildman–Crippen MR) is 129 cm³/mol. The SMILES string of the molecule is COc1ccc(C2=NC(c3ccccc3)C(c3ccccc3)c3cc(OC)ccc32)cc1. The van der Waals surface area contributed by atoms with Gasteiger partial charge in [-0.15, -0.1) is 0 Å². The molecule has 0 spiro atoms. The fourth-order valence-corrected chi connectivity index (χ4v) is 4.51. The molecule has 0 saturated heterocycles. The maximum Gasteiger partial charge on any atom is 0.119 e. The van der Waals surface area contributed by atoms with E-state index in [0.717, 1.165) is 28.3 Å². The van der Waals surface area contributed by atoms with Crippen LogP contribution < -0.4 is 9.47 Å². The van der Waals surface area contributed by atoms with E-state index in [1.165, 1.54) is 16.7 Å². The van der Waals surface area contributed by atoms with Gasteiger partial charge in [0.05, 0.1) is 26.0 Å². The molecule has 1 aliphatic heterocycles. The molecule has 3 nitrogen and oxygen atoms in total. The van der Waals surface area contributed by atoms with E-state index in [9.17, 15) is 0 Å². The molecule has 0 N–H and O–H groups in total. The Morgan fingerprint density at radius 1 is 0.625 bits per heavy atom. The first kappa shape index (κ1) is 20.1. The summed E-state index contributed by atoms with van der Waals surface area (Å²) < 4.78 is 11.0. The van der Waals surface area contributed by atoms with Crippen LogP contribution in [0.1, 0.15) is 39.8 Å². The fourth-order valence-electron chi connectivity index (χ4n) is 4.51. The van der Waals surface area contributed by atoms with E-state index in [4.69, 9.17) is 14.5 Å². The van der Waals surface area contributed by atoms with Crippen LogP contribution >= 0.6 is 0 Å². The minimum Gasteiger partial charge on any atom is -0.497 e. The van der Waals surface area contributed by atoms with Crippen LogP contribution in [0.3, 0.4) is 0 Å². The first-order chi connectivity index (χ1) is 15.8. The lowest BCUT2D eigenvalue weighted by molar-refractivity contribution is 0.413. The highest BCUT2D eigenvalue weighted by Crippen LogP contribution is 2.46. The lowest BCUT2D eigenvalue weighted by Crippen LogP contribution is -2.23. The van der Waals surface area contributed by atoms with Gasteiger partial charge in [0.2, 0.25) is 0 Å². The Hall–Kier alpha value is -3.85. The molecule has 0 bridgehead atoms. The molecular formula is C29H25NO2. The van der Waals surface area contributed by atoms with E-state index in [2.05, 4.69) is 84.9 Å². The molecule has 3 heteroatoms. The molecule has 2 unspecified atom stereocenters. The molecule has 0 aromatic heterocycles. The van der Waals surface area contributed by atoms with E-state index >= 15 is 0 Å².